The number of fused-ring (bicyclic) bond motifs is 20. The van der Waals surface area contributed by atoms with E-state index in [2.05, 4.69) is 496 Å². The minimum atomic E-state index is 0.176. The molecule has 20 aromatic carbocycles. The molecule has 5 nitrogen and oxygen atoms in total. The number of nitrogens with zero attached hydrogens (tertiary/aromatic N) is 5. The van der Waals surface area contributed by atoms with Crippen molar-refractivity contribution in [2.45, 2.75) is 5.92 Å². The molecule has 0 saturated carbocycles. The largest absolute Gasteiger partial charge is 0.309 e. The van der Waals surface area contributed by atoms with Gasteiger partial charge in [0.25, 0.3) is 0 Å². The first-order chi connectivity index (χ1) is 62.5. The Morgan fingerprint density at radius 2 is 0.452 bits per heavy atom. The van der Waals surface area contributed by atoms with Gasteiger partial charge in [-0.2, -0.15) is 0 Å². The molecule has 0 radical (unpaired) electrons. The van der Waals surface area contributed by atoms with E-state index in [1.165, 1.54) is 204 Å². The SMILES string of the molecule is c1ccc(-c2ccc(-n3c4ccccc4c4cc(-c5ccc6c(c5)c5c7c8ccccc8n(-c8ccccc8)c7ccc5n6-c5cccc(-c6ccccc6)c5)ccc43)cc2)cc1.c1ccc(-c2ccc(C3c4ccccc4-c4cc(-c5ccc6c(c5)c5c(ccc7c8ccccc8n(-c8ccccc8)c75)n6-c5cccc(-c6ccccc6)c5)ccc43)cc2)cc1. The second-order valence-electron chi connectivity index (χ2n) is 33.4. The summed E-state index contributed by atoms with van der Waals surface area (Å²) in [5.74, 6) is 0.176. The van der Waals surface area contributed by atoms with Crippen LogP contribution in [0.2, 0.25) is 0 Å². The van der Waals surface area contributed by atoms with Crippen molar-refractivity contribution < 1.29 is 0 Å². The fraction of sp³-hybridized carbons (Fsp3) is 0.00826. The summed E-state index contributed by atoms with van der Waals surface area (Å²) in [6, 6.07) is 174. The molecule has 5 heterocycles. The zero-order valence-electron chi connectivity index (χ0n) is 68.8. The monoisotopic (exact) mass is 1600 g/mol. The average molecular weight is 1600 g/mol. The normalized spacial score (nSPS) is 12.5. The van der Waals surface area contributed by atoms with Gasteiger partial charge in [0.05, 0.1) is 55.2 Å². The molecular formula is C121H79N5. The lowest BCUT2D eigenvalue weighted by molar-refractivity contribution is 1.02. The molecular weight excluding hydrogens is 1520 g/mol. The van der Waals surface area contributed by atoms with Gasteiger partial charge in [-0.05, 0) is 234 Å². The highest BCUT2D eigenvalue weighted by Gasteiger charge is 2.32. The summed E-state index contributed by atoms with van der Waals surface area (Å²) in [6.07, 6.45) is 0. The van der Waals surface area contributed by atoms with Gasteiger partial charge in [0.2, 0.25) is 0 Å². The fourth-order valence-electron chi connectivity index (χ4n) is 20.8. The van der Waals surface area contributed by atoms with Gasteiger partial charge >= 0.3 is 0 Å². The van der Waals surface area contributed by atoms with Gasteiger partial charge in [0.1, 0.15) is 0 Å². The summed E-state index contributed by atoms with van der Waals surface area (Å²) in [6.45, 7) is 0. The lowest BCUT2D eigenvalue weighted by Gasteiger charge is -2.15. The van der Waals surface area contributed by atoms with Gasteiger partial charge in [-0.3, -0.25) is 0 Å². The summed E-state index contributed by atoms with van der Waals surface area (Å²) in [5.41, 5.74) is 38.9. The number of para-hydroxylation sites is 5. The Morgan fingerprint density at radius 1 is 0.143 bits per heavy atom. The third-order valence-corrected chi connectivity index (χ3v) is 26.4. The van der Waals surface area contributed by atoms with Crippen LogP contribution in [0.1, 0.15) is 22.6 Å². The van der Waals surface area contributed by atoms with Crippen LogP contribution in [0, 0.1) is 0 Å². The Bertz CT molecular complexity index is 8590. The van der Waals surface area contributed by atoms with Crippen molar-refractivity contribution in [2.75, 3.05) is 0 Å². The Labute approximate surface area is 729 Å². The predicted molar refractivity (Wildman–Crippen MR) is 530 cm³/mol. The molecule has 5 heteroatoms. The zero-order chi connectivity index (χ0) is 82.9. The molecule has 126 heavy (non-hydrogen) atoms. The number of hydrogen-bond donors (Lipinski definition) is 0. The molecule has 0 bridgehead atoms. The molecule has 0 N–H and O–H groups in total. The number of aromatic nitrogens is 5. The minimum Gasteiger partial charge on any atom is -0.309 e. The van der Waals surface area contributed by atoms with Crippen molar-refractivity contribution in [2.24, 2.45) is 0 Å². The summed E-state index contributed by atoms with van der Waals surface area (Å²) >= 11 is 0. The van der Waals surface area contributed by atoms with Gasteiger partial charge in [-0.25, -0.2) is 0 Å². The third-order valence-electron chi connectivity index (χ3n) is 26.4. The molecule has 1 atom stereocenters. The first-order valence-corrected chi connectivity index (χ1v) is 43.6. The van der Waals surface area contributed by atoms with Crippen LogP contribution in [0.25, 0.3) is 215 Å². The van der Waals surface area contributed by atoms with Crippen LogP contribution in [0.5, 0.6) is 0 Å². The van der Waals surface area contributed by atoms with Crippen LogP contribution < -0.4 is 0 Å². The van der Waals surface area contributed by atoms with Crippen LogP contribution in [-0.4, -0.2) is 22.8 Å². The van der Waals surface area contributed by atoms with E-state index in [0.717, 1.165) is 28.4 Å². The molecule has 0 fully saturated rings. The molecule has 1 aliphatic rings. The standard InChI is InChI=1S/C61H40N2.C60H39N3/c1-4-15-40(16-5-1)42-27-29-43(30-28-42)59-51-25-11-10-23-49(51)54-38-45(31-33-52(54)59)46-32-35-57-55(39-46)60-58(62(57)48-22-14-19-44(37-48)41-17-6-2-7-18-41)36-34-53-50-24-12-13-26-56(50)63(61(53)60)47-20-8-3-9-21-47;1-4-15-40(16-5-1)42-27-31-47(32-28-42)61-53-25-12-10-23-49(53)51-38-44(29-33-55(51)61)45-30-34-56-52(39-45)60-58(63(56)48-22-14-19-43(37-48)41-17-6-2-7-18-41)36-35-57-59(60)50-24-11-13-26-54(50)62(57)46-20-8-3-9-21-46/h1-39,59H;1-39H. The quantitative estimate of drug-likeness (QED) is 0.116. The number of hydrogen-bond acceptors (Lipinski definition) is 0. The van der Waals surface area contributed by atoms with Gasteiger partial charge in [0, 0.05) is 88.2 Å². The smallest absolute Gasteiger partial charge is 0.0641 e. The lowest BCUT2D eigenvalue weighted by atomic mass is 9.88. The summed E-state index contributed by atoms with van der Waals surface area (Å²) < 4.78 is 12.2. The molecule has 0 saturated heterocycles. The van der Waals surface area contributed by atoms with Crippen molar-refractivity contribution in [1.82, 2.24) is 22.8 Å². The van der Waals surface area contributed by atoms with Gasteiger partial charge in [0.15, 0.2) is 0 Å². The highest BCUT2D eigenvalue weighted by molar-refractivity contribution is 6.30. The Morgan fingerprint density at radius 3 is 1.01 bits per heavy atom. The summed E-state index contributed by atoms with van der Waals surface area (Å²) in [4.78, 5) is 0. The maximum atomic E-state index is 2.47. The van der Waals surface area contributed by atoms with Crippen LogP contribution >= 0.6 is 0 Å². The maximum Gasteiger partial charge on any atom is 0.0641 e. The highest BCUT2D eigenvalue weighted by Crippen LogP contribution is 2.52. The van der Waals surface area contributed by atoms with Crippen molar-refractivity contribution in [3.8, 4) is 106 Å². The van der Waals surface area contributed by atoms with E-state index < -0.39 is 0 Å². The molecule has 26 rings (SSSR count). The number of rotatable bonds is 12. The Hall–Kier alpha value is -16.6. The summed E-state index contributed by atoms with van der Waals surface area (Å²) in [5, 5.41) is 12.5. The molecule has 0 amide bonds. The van der Waals surface area contributed by atoms with Crippen LogP contribution in [0.4, 0.5) is 0 Å². The van der Waals surface area contributed by atoms with Crippen molar-refractivity contribution in [3.05, 3.63) is 490 Å². The third kappa shape index (κ3) is 11.8. The van der Waals surface area contributed by atoms with Gasteiger partial charge in [-0.15, -0.1) is 0 Å². The van der Waals surface area contributed by atoms with E-state index in [1.54, 1.807) is 0 Å². The van der Waals surface area contributed by atoms with Crippen molar-refractivity contribution in [3.63, 3.8) is 0 Å². The van der Waals surface area contributed by atoms with Crippen molar-refractivity contribution >= 4 is 109 Å². The van der Waals surface area contributed by atoms with E-state index in [1.807, 2.05) is 0 Å². The van der Waals surface area contributed by atoms with E-state index in [0.29, 0.717) is 0 Å². The van der Waals surface area contributed by atoms with Crippen LogP contribution in [0.3, 0.4) is 0 Å². The first-order valence-electron chi connectivity index (χ1n) is 43.6. The molecule has 0 aliphatic heterocycles. The average Bonchev–Trinajstić information content (AvgIpc) is 1.55. The second-order valence-corrected chi connectivity index (χ2v) is 33.4. The molecule has 1 aliphatic carbocycles. The van der Waals surface area contributed by atoms with Gasteiger partial charge < -0.3 is 22.8 Å². The zero-order valence-corrected chi connectivity index (χ0v) is 68.8. The van der Waals surface area contributed by atoms with E-state index in [9.17, 15) is 0 Å². The molecule has 0 spiro atoms. The van der Waals surface area contributed by atoms with E-state index >= 15 is 0 Å². The second kappa shape index (κ2) is 29.6. The molecule has 25 aromatic rings. The Balaban J connectivity index is 0.000000137. The van der Waals surface area contributed by atoms with E-state index in [-0.39, 0.29) is 5.92 Å². The minimum absolute atomic E-state index is 0.176. The molecule has 5 aromatic heterocycles. The highest BCUT2D eigenvalue weighted by atomic mass is 15.0. The molecule has 1 unspecified atom stereocenters. The number of benzene rings is 20. The van der Waals surface area contributed by atoms with Crippen LogP contribution in [0.15, 0.2) is 473 Å². The topological polar surface area (TPSA) is 24.6 Å². The summed E-state index contributed by atoms with van der Waals surface area (Å²) in [7, 11) is 0. The molecule has 588 valence electrons. The lowest BCUT2D eigenvalue weighted by Crippen LogP contribution is -1.99. The van der Waals surface area contributed by atoms with E-state index in [4.69, 9.17) is 0 Å². The fourth-order valence-corrected chi connectivity index (χ4v) is 20.8. The maximum absolute atomic E-state index is 2.47. The first kappa shape index (κ1) is 72.2. The van der Waals surface area contributed by atoms with Crippen molar-refractivity contribution in [1.29, 1.82) is 0 Å². The predicted octanol–water partition coefficient (Wildman–Crippen LogP) is 32.0. The van der Waals surface area contributed by atoms with Crippen LogP contribution in [-0.2, 0) is 0 Å². The van der Waals surface area contributed by atoms with Gasteiger partial charge in [-0.1, -0.05) is 334 Å². The Kier molecular flexibility index (Phi) is 17.0.